The van der Waals surface area contributed by atoms with Gasteiger partial charge in [0.1, 0.15) is 11.4 Å². The molecular formula is C24H33IN6O2. The van der Waals surface area contributed by atoms with Crippen molar-refractivity contribution in [2.24, 2.45) is 4.99 Å². The third-order valence-corrected chi connectivity index (χ3v) is 4.62. The summed E-state index contributed by atoms with van der Waals surface area (Å²) in [5, 5.41) is 9.38. The predicted octanol–water partition coefficient (Wildman–Crippen LogP) is 4.48. The second kappa shape index (κ2) is 12.4. The molecule has 3 aromatic rings. The number of aliphatic imine (C=N–C) groups is 1. The lowest BCUT2D eigenvalue weighted by molar-refractivity contribution is 0.0636. The molecule has 2 aromatic carbocycles. The number of hydrogen-bond donors (Lipinski definition) is 4. The highest BCUT2D eigenvalue weighted by molar-refractivity contribution is 14.0. The Morgan fingerprint density at radius 1 is 1.03 bits per heavy atom. The first kappa shape index (κ1) is 26.4. The Balaban J connectivity index is 0.00000385. The number of amides is 1. The van der Waals surface area contributed by atoms with E-state index in [0.29, 0.717) is 5.69 Å². The standard InChI is InChI=1S/C24H32N6O2.HI/c1-24(2,3)32-23(31)28-18-11-9-17(10-12-18)13-15-26-22(25-4)27-16-14-21-29-19-7-5-6-8-20(19)30-21;/h5-12H,13-16H2,1-4H3,(H,28,31)(H,29,30)(H2,25,26,27);1H. The number of halogens is 1. The maximum absolute atomic E-state index is 11.8. The summed E-state index contributed by atoms with van der Waals surface area (Å²) in [6.45, 7) is 6.98. The van der Waals surface area contributed by atoms with Gasteiger partial charge in [-0.2, -0.15) is 0 Å². The fraction of sp³-hybridized carbons (Fsp3) is 0.375. The minimum atomic E-state index is -0.520. The molecule has 8 nitrogen and oxygen atoms in total. The predicted molar refractivity (Wildman–Crippen MR) is 145 cm³/mol. The number of anilines is 1. The first-order valence-corrected chi connectivity index (χ1v) is 10.8. The summed E-state index contributed by atoms with van der Waals surface area (Å²) in [6, 6.07) is 15.8. The van der Waals surface area contributed by atoms with Crippen molar-refractivity contribution >= 4 is 52.8 Å². The molecule has 4 N–H and O–H groups in total. The van der Waals surface area contributed by atoms with Gasteiger partial charge in [0.05, 0.1) is 11.0 Å². The summed E-state index contributed by atoms with van der Waals surface area (Å²) < 4.78 is 5.27. The van der Waals surface area contributed by atoms with E-state index in [1.54, 1.807) is 7.05 Å². The zero-order chi connectivity index (χ0) is 23.0. The third kappa shape index (κ3) is 8.91. The Morgan fingerprint density at radius 3 is 2.33 bits per heavy atom. The first-order chi connectivity index (χ1) is 15.3. The number of H-pyrrole nitrogens is 1. The molecule has 0 aliphatic heterocycles. The highest BCUT2D eigenvalue weighted by Gasteiger charge is 2.16. The smallest absolute Gasteiger partial charge is 0.412 e. The number of guanidine groups is 1. The van der Waals surface area contributed by atoms with E-state index in [4.69, 9.17) is 4.74 Å². The molecule has 1 heterocycles. The average molecular weight is 564 g/mol. The number of carbonyl (C=O) groups excluding carboxylic acids is 1. The van der Waals surface area contributed by atoms with Gasteiger partial charge in [-0.3, -0.25) is 10.3 Å². The van der Waals surface area contributed by atoms with E-state index in [0.717, 1.165) is 54.3 Å². The lowest BCUT2D eigenvalue weighted by Crippen LogP contribution is -2.39. The van der Waals surface area contributed by atoms with Crippen LogP contribution in [0.4, 0.5) is 10.5 Å². The van der Waals surface area contributed by atoms with Gasteiger partial charge in [0.2, 0.25) is 0 Å². The van der Waals surface area contributed by atoms with Gasteiger partial charge in [-0.05, 0) is 57.0 Å². The van der Waals surface area contributed by atoms with Crippen LogP contribution in [0.1, 0.15) is 32.2 Å². The summed E-state index contributed by atoms with van der Waals surface area (Å²) in [5.74, 6) is 1.71. The van der Waals surface area contributed by atoms with Crippen molar-refractivity contribution in [3.63, 3.8) is 0 Å². The topological polar surface area (TPSA) is 103 Å². The van der Waals surface area contributed by atoms with Gasteiger partial charge in [-0.1, -0.05) is 24.3 Å². The Bertz CT molecular complexity index is 1020. The molecule has 178 valence electrons. The number of fused-ring (bicyclic) bond motifs is 1. The molecule has 0 saturated carbocycles. The fourth-order valence-electron chi connectivity index (χ4n) is 3.15. The maximum Gasteiger partial charge on any atom is 0.412 e. The summed E-state index contributed by atoms with van der Waals surface area (Å²) in [5.41, 5.74) is 3.38. The Hall–Kier alpha value is -2.82. The molecular weight excluding hydrogens is 531 g/mol. The molecule has 33 heavy (non-hydrogen) atoms. The number of benzene rings is 2. The summed E-state index contributed by atoms with van der Waals surface area (Å²) in [6.07, 6.45) is 1.16. The molecule has 0 radical (unpaired) electrons. The molecule has 0 aliphatic carbocycles. The van der Waals surface area contributed by atoms with Gasteiger partial charge < -0.3 is 20.4 Å². The number of nitrogens with zero attached hydrogens (tertiary/aromatic N) is 2. The molecule has 0 unspecified atom stereocenters. The zero-order valence-electron chi connectivity index (χ0n) is 19.6. The number of nitrogens with one attached hydrogen (secondary N) is 4. The largest absolute Gasteiger partial charge is 0.444 e. The highest BCUT2D eigenvalue weighted by Crippen LogP contribution is 2.13. The van der Waals surface area contributed by atoms with Crippen molar-refractivity contribution in [2.45, 2.75) is 39.2 Å². The Kier molecular flexibility index (Phi) is 9.95. The molecule has 0 atom stereocenters. The summed E-state index contributed by atoms with van der Waals surface area (Å²) in [7, 11) is 1.76. The van der Waals surface area contributed by atoms with E-state index < -0.39 is 11.7 Å². The van der Waals surface area contributed by atoms with Gasteiger partial charge in [0.15, 0.2) is 5.96 Å². The fourth-order valence-corrected chi connectivity index (χ4v) is 3.15. The second-order valence-electron chi connectivity index (χ2n) is 8.45. The van der Waals surface area contributed by atoms with E-state index in [2.05, 4.69) is 30.9 Å². The number of rotatable bonds is 7. The minimum Gasteiger partial charge on any atom is -0.444 e. The molecule has 1 aromatic heterocycles. The van der Waals surface area contributed by atoms with Crippen LogP contribution >= 0.6 is 24.0 Å². The molecule has 0 aliphatic rings. The molecule has 0 bridgehead atoms. The monoisotopic (exact) mass is 564 g/mol. The van der Waals surface area contributed by atoms with E-state index in [1.165, 1.54) is 0 Å². The van der Waals surface area contributed by atoms with E-state index in [9.17, 15) is 4.79 Å². The second-order valence-corrected chi connectivity index (χ2v) is 8.45. The highest BCUT2D eigenvalue weighted by atomic mass is 127. The quantitative estimate of drug-likeness (QED) is 0.193. The normalized spacial score (nSPS) is 11.6. The van der Waals surface area contributed by atoms with Gasteiger partial charge in [0.25, 0.3) is 0 Å². The lowest BCUT2D eigenvalue weighted by atomic mass is 10.1. The van der Waals surface area contributed by atoms with Crippen LogP contribution < -0.4 is 16.0 Å². The maximum atomic E-state index is 11.8. The molecule has 0 fully saturated rings. The van der Waals surface area contributed by atoms with Crippen LogP contribution in [0.3, 0.4) is 0 Å². The van der Waals surface area contributed by atoms with Gasteiger partial charge in [0, 0.05) is 32.2 Å². The van der Waals surface area contributed by atoms with Gasteiger partial charge >= 0.3 is 6.09 Å². The van der Waals surface area contributed by atoms with Crippen LogP contribution in [0.15, 0.2) is 53.5 Å². The number of para-hydroxylation sites is 2. The van der Waals surface area contributed by atoms with Crippen molar-refractivity contribution in [2.75, 3.05) is 25.5 Å². The van der Waals surface area contributed by atoms with Crippen molar-refractivity contribution in [3.05, 3.63) is 59.9 Å². The third-order valence-electron chi connectivity index (χ3n) is 4.62. The summed E-state index contributed by atoms with van der Waals surface area (Å²) in [4.78, 5) is 24.0. The molecule has 9 heteroatoms. The van der Waals surface area contributed by atoms with E-state index in [1.807, 2.05) is 69.3 Å². The van der Waals surface area contributed by atoms with Crippen LogP contribution in [0.25, 0.3) is 11.0 Å². The number of aromatic nitrogens is 2. The molecule has 0 spiro atoms. The molecule has 1 amide bonds. The van der Waals surface area contributed by atoms with Crippen LogP contribution in [-0.4, -0.2) is 47.8 Å². The minimum absolute atomic E-state index is 0. The number of imidazole rings is 1. The number of carbonyl (C=O) groups is 1. The number of ether oxygens (including phenoxy) is 1. The summed E-state index contributed by atoms with van der Waals surface area (Å²) >= 11 is 0. The van der Waals surface area contributed by atoms with Crippen molar-refractivity contribution in [1.82, 2.24) is 20.6 Å². The molecule has 0 saturated heterocycles. The zero-order valence-corrected chi connectivity index (χ0v) is 21.9. The molecule has 3 rings (SSSR count). The number of aromatic amines is 1. The first-order valence-electron chi connectivity index (χ1n) is 10.8. The SMILES string of the molecule is CN=C(NCCc1ccc(NC(=O)OC(C)(C)C)cc1)NCCc1nc2ccccc2[nH]1.I. The van der Waals surface area contributed by atoms with Crippen LogP contribution in [-0.2, 0) is 17.6 Å². The van der Waals surface area contributed by atoms with Crippen LogP contribution in [0.5, 0.6) is 0 Å². The van der Waals surface area contributed by atoms with E-state index >= 15 is 0 Å². The lowest BCUT2D eigenvalue weighted by Gasteiger charge is -2.19. The Labute approximate surface area is 212 Å². The van der Waals surface area contributed by atoms with Crippen molar-refractivity contribution in [3.8, 4) is 0 Å². The van der Waals surface area contributed by atoms with Crippen molar-refractivity contribution < 1.29 is 9.53 Å². The van der Waals surface area contributed by atoms with Gasteiger partial charge in [-0.15, -0.1) is 24.0 Å². The van der Waals surface area contributed by atoms with Gasteiger partial charge in [-0.25, -0.2) is 9.78 Å². The van der Waals surface area contributed by atoms with Crippen LogP contribution in [0, 0.1) is 0 Å². The average Bonchev–Trinajstić information content (AvgIpc) is 3.15. The number of hydrogen-bond acceptors (Lipinski definition) is 4. The van der Waals surface area contributed by atoms with E-state index in [-0.39, 0.29) is 24.0 Å². The van der Waals surface area contributed by atoms with Crippen LogP contribution in [0.2, 0.25) is 0 Å². The van der Waals surface area contributed by atoms with Crippen molar-refractivity contribution in [1.29, 1.82) is 0 Å². The Morgan fingerprint density at radius 2 is 1.70 bits per heavy atom.